The first-order valence-corrected chi connectivity index (χ1v) is 6.12. The first-order chi connectivity index (χ1) is 9.24. The third kappa shape index (κ3) is 2.34. The molecule has 0 atom stereocenters. The van der Waals surface area contributed by atoms with Gasteiger partial charge in [0.2, 0.25) is 0 Å². The van der Waals surface area contributed by atoms with Crippen LogP contribution in [0.25, 0.3) is 0 Å². The van der Waals surface area contributed by atoms with Crippen LogP contribution in [-0.4, -0.2) is 27.7 Å². The fourth-order valence-electron chi connectivity index (χ4n) is 2.08. The highest BCUT2D eigenvalue weighted by atomic mass is 16.5. The molecule has 0 bridgehead atoms. The van der Waals surface area contributed by atoms with Gasteiger partial charge in [-0.25, -0.2) is 4.98 Å². The summed E-state index contributed by atoms with van der Waals surface area (Å²) in [4.78, 5) is 16.3. The Hall–Kier alpha value is -2.21. The van der Waals surface area contributed by atoms with Gasteiger partial charge in [0.05, 0.1) is 13.2 Å². The molecule has 2 aromatic heterocycles. The van der Waals surface area contributed by atoms with Gasteiger partial charge in [0.15, 0.2) is 5.69 Å². The Morgan fingerprint density at radius 1 is 1.53 bits per heavy atom. The number of aromatic nitrogens is 3. The van der Waals surface area contributed by atoms with Crippen LogP contribution in [0.3, 0.4) is 0 Å². The number of aryl methyl sites for hydroxylation is 1. The number of carbonyl (C=O) groups excluding carboxylic acids is 1. The number of anilines is 1. The van der Waals surface area contributed by atoms with Crippen molar-refractivity contribution in [3.8, 4) is 0 Å². The highest BCUT2D eigenvalue weighted by Gasteiger charge is 2.22. The van der Waals surface area contributed by atoms with Crippen molar-refractivity contribution < 1.29 is 9.53 Å². The lowest BCUT2D eigenvalue weighted by molar-refractivity contribution is 0.0984. The largest absolute Gasteiger partial charge is 0.376 e. The van der Waals surface area contributed by atoms with E-state index in [1.54, 1.807) is 6.20 Å². The average molecular weight is 258 g/mol. The van der Waals surface area contributed by atoms with E-state index in [4.69, 9.17) is 4.74 Å². The molecule has 0 unspecified atom stereocenters. The topological polar surface area (TPSA) is 79.9 Å². The fraction of sp³-hybridized carbons (Fsp3) is 0.308. The fourth-order valence-corrected chi connectivity index (χ4v) is 2.08. The van der Waals surface area contributed by atoms with Crippen molar-refractivity contribution in [2.75, 3.05) is 11.9 Å². The number of rotatable bonds is 2. The third-order valence-corrected chi connectivity index (χ3v) is 3.07. The van der Waals surface area contributed by atoms with Gasteiger partial charge in [0.25, 0.3) is 5.91 Å². The number of carbonyl (C=O) groups is 1. The monoisotopic (exact) mass is 258 g/mol. The summed E-state index contributed by atoms with van der Waals surface area (Å²) in [5.74, 6) is 0.263. The van der Waals surface area contributed by atoms with Gasteiger partial charge in [-0.15, -0.1) is 0 Å². The van der Waals surface area contributed by atoms with Gasteiger partial charge in [-0.1, -0.05) is 0 Å². The number of nitrogens with one attached hydrogen (secondary N) is 2. The summed E-state index contributed by atoms with van der Waals surface area (Å²) in [6.07, 6.45) is 2.42. The highest BCUT2D eigenvalue weighted by Crippen LogP contribution is 2.19. The van der Waals surface area contributed by atoms with Crippen molar-refractivity contribution in [2.45, 2.75) is 20.0 Å². The highest BCUT2D eigenvalue weighted by molar-refractivity contribution is 6.03. The Bertz CT molecular complexity index is 621. The van der Waals surface area contributed by atoms with Gasteiger partial charge in [-0.05, 0) is 24.6 Å². The maximum Gasteiger partial charge on any atom is 0.277 e. The van der Waals surface area contributed by atoms with Crippen LogP contribution in [-0.2, 0) is 17.8 Å². The minimum absolute atomic E-state index is 0.263. The quantitative estimate of drug-likeness (QED) is 0.854. The molecule has 2 N–H and O–H groups in total. The molecule has 6 heteroatoms. The smallest absolute Gasteiger partial charge is 0.277 e. The van der Waals surface area contributed by atoms with E-state index >= 15 is 0 Å². The normalized spacial score (nSPS) is 13.9. The number of ether oxygens (including phenoxy) is 1. The predicted octanol–water partition coefficient (Wildman–Crippen LogP) is 1.44. The Balaban J connectivity index is 1.83. The summed E-state index contributed by atoms with van der Waals surface area (Å²) >= 11 is 0. The molecule has 0 fully saturated rings. The molecule has 0 spiro atoms. The van der Waals surface area contributed by atoms with Gasteiger partial charge in [-0.3, -0.25) is 9.89 Å². The number of amides is 1. The molecule has 2 aromatic rings. The predicted molar refractivity (Wildman–Crippen MR) is 68.9 cm³/mol. The molecule has 0 saturated carbocycles. The summed E-state index contributed by atoms with van der Waals surface area (Å²) in [5, 5.41) is 9.71. The summed E-state index contributed by atoms with van der Waals surface area (Å²) in [5.41, 5.74) is 3.25. The lowest BCUT2D eigenvalue weighted by Gasteiger charge is -2.12. The molecule has 1 aliphatic heterocycles. The van der Waals surface area contributed by atoms with Gasteiger partial charge in [0, 0.05) is 23.9 Å². The van der Waals surface area contributed by atoms with Crippen molar-refractivity contribution in [1.82, 2.24) is 15.2 Å². The maximum absolute atomic E-state index is 12.2. The minimum atomic E-state index is -0.263. The Kier molecular flexibility index (Phi) is 3.00. The number of hydrogen-bond donors (Lipinski definition) is 2. The number of H-pyrrole nitrogens is 1. The van der Waals surface area contributed by atoms with E-state index in [0.717, 1.165) is 23.2 Å². The van der Waals surface area contributed by atoms with Gasteiger partial charge < -0.3 is 10.1 Å². The number of aromatic amines is 1. The van der Waals surface area contributed by atoms with Crippen LogP contribution in [0.5, 0.6) is 0 Å². The van der Waals surface area contributed by atoms with Crippen molar-refractivity contribution in [1.29, 1.82) is 0 Å². The SMILES string of the molecule is Cc1ccnc(NC(=O)c2n[nH]c3c2COCC3)c1. The molecule has 3 rings (SSSR count). The summed E-state index contributed by atoms with van der Waals surface area (Å²) in [7, 11) is 0. The number of nitrogens with zero attached hydrogens (tertiary/aromatic N) is 2. The summed E-state index contributed by atoms with van der Waals surface area (Å²) in [6.45, 7) is 3.03. The van der Waals surface area contributed by atoms with E-state index in [1.807, 2.05) is 19.1 Å². The lowest BCUT2D eigenvalue weighted by Crippen LogP contribution is -2.17. The molecular formula is C13H14N4O2. The molecule has 0 saturated heterocycles. The van der Waals surface area contributed by atoms with Gasteiger partial charge in [-0.2, -0.15) is 5.10 Å². The van der Waals surface area contributed by atoms with Crippen molar-refractivity contribution >= 4 is 11.7 Å². The Morgan fingerprint density at radius 2 is 2.42 bits per heavy atom. The number of fused-ring (bicyclic) bond motifs is 1. The first kappa shape index (κ1) is 11.9. The van der Waals surface area contributed by atoms with E-state index in [9.17, 15) is 4.79 Å². The first-order valence-electron chi connectivity index (χ1n) is 6.12. The van der Waals surface area contributed by atoms with Gasteiger partial charge >= 0.3 is 0 Å². The van der Waals surface area contributed by atoms with Crippen molar-refractivity contribution in [2.24, 2.45) is 0 Å². The molecule has 3 heterocycles. The molecule has 0 aromatic carbocycles. The van der Waals surface area contributed by atoms with Crippen molar-refractivity contribution in [3.63, 3.8) is 0 Å². The Morgan fingerprint density at radius 3 is 3.26 bits per heavy atom. The maximum atomic E-state index is 12.2. The Labute approximate surface area is 110 Å². The average Bonchev–Trinajstić information content (AvgIpc) is 2.82. The molecule has 0 radical (unpaired) electrons. The second-order valence-electron chi connectivity index (χ2n) is 4.50. The summed E-state index contributed by atoms with van der Waals surface area (Å²) < 4.78 is 5.36. The molecular weight excluding hydrogens is 244 g/mol. The van der Waals surface area contributed by atoms with Crippen molar-refractivity contribution in [3.05, 3.63) is 40.8 Å². The van der Waals surface area contributed by atoms with E-state index < -0.39 is 0 Å². The lowest BCUT2D eigenvalue weighted by atomic mass is 10.1. The van der Waals surface area contributed by atoms with Crippen LogP contribution in [0.15, 0.2) is 18.3 Å². The minimum Gasteiger partial charge on any atom is -0.376 e. The molecule has 6 nitrogen and oxygen atoms in total. The van der Waals surface area contributed by atoms with Crippen LogP contribution in [0.2, 0.25) is 0 Å². The van der Waals surface area contributed by atoms with E-state index in [0.29, 0.717) is 24.7 Å². The molecule has 1 amide bonds. The molecule has 19 heavy (non-hydrogen) atoms. The van der Waals surface area contributed by atoms with E-state index in [1.165, 1.54) is 0 Å². The molecule has 1 aliphatic rings. The second kappa shape index (κ2) is 4.81. The summed E-state index contributed by atoms with van der Waals surface area (Å²) in [6, 6.07) is 3.69. The van der Waals surface area contributed by atoms with Crippen LogP contribution >= 0.6 is 0 Å². The van der Waals surface area contributed by atoms with Crippen LogP contribution in [0, 0.1) is 6.92 Å². The zero-order valence-corrected chi connectivity index (χ0v) is 10.6. The third-order valence-electron chi connectivity index (χ3n) is 3.07. The molecule has 0 aliphatic carbocycles. The van der Waals surface area contributed by atoms with Gasteiger partial charge in [0.1, 0.15) is 5.82 Å². The van der Waals surface area contributed by atoms with Crippen LogP contribution in [0.4, 0.5) is 5.82 Å². The van der Waals surface area contributed by atoms with E-state index in [2.05, 4.69) is 20.5 Å². The van der Waals surface area contributed by atoms with Crippen LogP contribution in [0.1, 0.15) is 27.3 Å². The zero-order valence-electron chi connectivity index (χ0n) is 10.6. The standard InChI is InChI=1S/C13H14N4O2/c1-8-2-4-14-11(6-8)15-13(18)12-9-7-19-5-3-10(9)16-17-12/h2,4,6H,3,5,7H2,1H3,(H,16,17)(H,14,15,18). The number of hydrogen-bond acceptors (Lipinski definition) is 4. The molecule has 98 valence electrons. The van der Waals surface area contributed by atoms with Crippen LogP contribution < -0.4 is 5.32 Å². The number of pyridine rings is 1. The zero-order chi connectivity index (χ0) is 13.2. The van der Waals surface area contributed by atoms with E-state index in [-0.39, 0.29) is 5.91 Å². The second-order valence-corrected chi connectivity index (χ2v) is 4.50.